The third kappa shape index (κ3) is 8.16. The summed E-state index contributed by atoms with van der Waals surface area (Å²) in [7, 11) is -3.98. The van der Waals surface area contributed by atoms with E-state index in [-0.39, 0.29) is 42.2 Å². The Bertz CT molecular complexity index is 2780. The number of anilines is 1. The number of carbonyl (C=O) groups is 3. The molecule has 18 heteroatoms. The molecule has 8 rings (SSSR count). The van der Waals surface area contributed by atoms with Gasteiger partial charge in [0.15, 0.2) is 5.82 Å². The van der Waals surface area contributed by atoms with Crippen LogP contribution in [0.4, 0.5) is 18.9 Å². The minimum atomic E-state index is -4.57. The van der Waals surface area contributed by atoms with Gasteiger partial charge in [0.1, 0.15) is 34.8 Å². The SMILES string of the molecule is C=C[C@@H]1C[C@]1(NC(=O)[C@@H]1C[C@@H](Oc2nc(-c3ccc(C(F)(F)F)cc3)nc3c2oc2ccccc23)CN1C(=O)[C@@H](Nc1cccc(C#N)c1)C(C)(C)C)C(=O)NS(=O)(=O)C1CC1. The lowest BCUT2D eigenvalue weighted by molar-refractivity contribution is -0.141. The third-order valence-electron chi connectivity index (χ3n) is 11.5. The molecule has 14 nitrogen and oxygen atoms in total. The molecule has 3 aliphatic rings. The summed E-state index contributed by atoms with van der Waals surface area (Å²) in [5.41, 5.74) is -1.31. The van der Waals surface area contributed by atoms with Gasteiger partial charge in [-0.15, -0.1) is 6.58 Å². The number of benzene rings is 3. The highest BCUT2D eigenvalue weighted by molar-refractivity contribution is 7.91. The Kier molecular flexibility index (Phi) is 10.5. The van der Waals surface area contributed by atoms with E-state index >= 15 is 0 Å². The second kappa shape index (κ2) is 15.5. The molecule has 3 heterocycles. The van der Waals surface area contributed by atoms with Crippen molar-refractivity contribution in [1.82, 2.24) is 24.9 Å². The number of ether oxygens (including phenoxy) is 1. The zero-order chi connectivity index (χ0) is 44.4. The minimum absolute atomic E-state index is 0.0305. The number of rotatable bonds is 12. The van der Waals surface area contributed by atoms with Crippen LogP contribution >= 0.6 is 0 Å². The summed E-state index contributed by atoms with van der Waals surface area (Å²) >= 11 is 0. The fraction of sp³-hybridized carbons (Fsp3) is 0.364. The van der Waals surface area contributed by atoms with Crippen molar-refractivity contribution in [2.45, 2.75) is 81.6 Å². The number of aromatic nitrogens is 2. The number of alkyl halides is 3. The van der Waals surface area contributed by atoms with Gasteiger partial charge in [-0.3, -0.25) is 19.1 Å². The third-order valence-corrected chi connectivity index (χ3v) is 13.3. The number of likely N-dealkylation sites (tertiary alicyclic amines) is 1. The van der Waals surface area contributed by atoms with E-state index in [0.29, 0.717) is 40.6 Å². The number of furan rings is 1. The first-order valence-electron chi connectivity index (χ1n) is 19.9. The monoisotopic (exact) mass is 869 g/mol. The van der Waals surface area contributed by atoms with Crippen LogP contribution in [0.15, 0.2) is 89.9 Å². The van der Waals surface area contributed by atoms with Crippen molar-refractivity contribution in [3.63, 3.8) is 0 Å². The van der Waals surface area contributed by atoms with Crippen molar-refractivity contribution in [1.29, 1.82) is 5.26 Å². The van der Waals surface area contributed by atoms with Crippen LogP contribution in [0, 0.1) is 22.7 Å². The van der Waals surface area contributed by atoms with Crippen molar-refractivity contribution >= 4 is 55.5 Å². The zero-order valence-electron chi connectivity index (χ0n) is 33.8. The van der Waals surface area contributed by atoms with Crippen LogP contribution in [-0.4, -0.2) is 76.5 Å². The van der Waals surface area contributed by atoms with Gasteiger partial charge >= 0.3 is 6.18 Å². The van der Waals surface area contributed by atoms with Crippen molar-refractivity contribution in [2.24, 2.45) is 11.3 Å². The van der Waals surface area contributed by atoms with E-state index in [1.807, 2.05) is 20.8 Å². The number of nitrogens with zero attached hydrogens (tertiary/aromatic N) is 4. The topological polar surface area (TPSA) is 197 Å². The lowest BCUT2D eigenvalue weighted by atomic mass is 9.85. The number of amides is 3. The van der Waals surface area contributed by atoms with Gasteiger partial charge in [-0.2, -0.15) is 23.4 Å². The number of nitriles is 1. The van der Waals surface area contributed by atoms with Crippen molar-refractivity contribution < 1.29 is 45.1 Å². The molecule has 62 heavy (non-hydrogen) atoms. The molecule has 3 N–H and O–H groups in total. The number of para-hydroxylation sites is 1. The van der Waals surface area contributed by atoms with Gasteiger partial charge in [0.2, 0.25) is 27.4 Å². The molecule has 2 aliphatic carbocycles. The predicted octanol–water partition coefficient (Wildman–Crippen LogP) is 6.48. The molecule has 5 aromatic rings. The van der Waals surface area contributed by atoms with E-state index in [9.17, 15) is 41.2 Å². The van der Waals surface area contributed by atoms with E-state index < -0.39 is 79.8 Å². The first-order chi connectivity index (χ1) is 29.3. The van der Waals surface area contributed by atoms with Gasteiger partial charge in [-0.1, -0.05) is 57.2 Å². The number of sulfonamides is 1. The molecule has 3 fully saturated rings. The molecule has 0 spiro atoms. The Morgan fingerprint density at radius 3 is 2.42 bits per heavy atom. The first-order valence-corrected chi connectivity index (χ1v) is 21.5. The number of nitrogens with one attached hydrogen (secondary N) is 3. The lowest BCUT2D eigenvalue weighted by Gasteiger charge is -2.36. The Morgan fingerprint density at radius 2 is 1.77 bits per heavy atom. The summed E-state index contributed by atoms with van der Waals surface area (Å²) in [5, 5.41) is 15.5. The molecule has 3 aromatic carbocycles. The van der Waals surface area contributed by atoms with Crippen LogP contribution in [0.3, 0.4) is 0 Å². The van der Waals surface area contributed by atoms with Crippen molar-refractivity contribution in [3.05, 3.63) is 96.6 Å². The molecule has 0 unspecified atom stereocenters. The van der Waals surface area contributed by atoms with E-state index in [2.05, 4.69) is 38.0 Å². The average Bonchev–Trinajstić information content (AvgIpc) is 4.14. The van der Waals surface area contributed by atoms with Gasteiger partial charge in [0.05, 0.1) is 29.0 Å². The molecule has 5 atom stereocenters. The average molecular weight is 870 g/mol. The molecule has 3 amide bonds. The van der Waals surface area contributed by atoms with Crippen LogP contribution in [-0.2, 0) is 30.6 Å². The van der Waals surface area contributed by atoms with Gasteiger partial charge in [0.25, 0.3) is 11.8 Å². The number of hydrogen-bond donors (Lipinski definition) is 3. The van der Waals surface area contributed by atoms with Crippen LogP contribution in [0.1, 0.15) is 57.6 Å². The molecule has 2 aromatic heterocycles. The molecule has 2 saturated carbocycles. The molecule has 1 saturated heterocycles. The number of hydrogen-bond acceptors (Lipinski definition) is 11. The van der Waals surface area contributed by atoms with Crippen LogP contribution in [0.2, 0.25) is 0 Å². The van der Waals surface area contributed by atoms with Crippen molar-refractivity contribution in [3.8, 4) is 23.3 Å². The van der Waals surface area contributed by atoms with E-state index in [0.717, 1.165) is 12.1 Å². The standard InChI is InChI=1S/C44H42F3N7O7S/c1-5-26-21-43(26,41(57)53-62(58,59)30-17-18-30)52-38(55)32-20-29(23-54(32)40(56)36(42(2,3)4)49-28-10-8-9-24(19-28)22-48)60-39-35-34(31-11-6-7-12-33(31)61-35)50-37(51-39)25-13-15-27(16-14-25)44(45,46)47/h5-16,19,26,29-30,32,36,49H,1,17-18,20-21,23H2,2-4H3,(H,52,55)(H,53,57)/t26-,29-,32+,36-,43-/m1/s1. The van der Waals surface area contributed by atoms with Gasteiger partial charge < -0.3 is 24.7 Å². The molecule has 0 bridgehead atoms. The largest absolute Gasteiger partial charge is 0.470 e. The Labute approximate surface area is 354 Å². The Morgan fingerprint density at radius 1 is 1.05 bits per heavy atom. The zero-order valence-corrected chi connectivity index (χ0v) is 34.6. The fourth-order valence-corrected chi connectivity index (χ4v) is 9.16. The predicted molar refractivity (Wildman–Crippen MR) is 222 cm³/mol. The first kappa shape index (κ1) is 42.2. The molecule has 1 aliphatic heterocycles. The van der Waals surface area contributed by atoms with Crippen LogP contribution in [0.5, 0.6) is 5.88 Å². The second-order valence-corrected chi connectivity index (χ2v) is 19.0. The molecular weight excluding hydrogens is 828 g/mol. The maximum absolute atomic E-state index is 14.9. The maximum atomic E-state index is 14.9. The maximum Gasteiger partial charge on any atom is 0.416 e. The summed E-state index contributed by atoms with van der Waals surface area (Å²) in [5.74, 6) is -2.81. The smallest absolute Gasteiger partial charge is 0.416 e. The summed E-state index contributed by atoms with van der Waals surface area (Å²) in [6.07, 6.45) is -3.28. The summed E-state index contributed by atoms with van der Waals surface area (Å²) < 4.78 is 80.9. The number of carbonyl (C=O) groups excluding carboxylic acids is 3. The summed E-state index contributed by atoms with van der Waals surface area (Å²) in [6, 6.07) is 17.7. The van der Waals surface area contributed by atoms with Gasteiger partial charge in [0, 0.05) is 29.0 Å². The van der Waals surface area contributed by atoms with Gasteiger partial charge in [-0.25, -0.2) is 13.4 Å². The number of fused-ring (bicyclic) bond motifs is 3. The van der Waals surface area contributed by atoms with E-state index in [1.165, 1.54) is 23.1 Å². The highest BCUT2D eigenvalue weighted by Gasteiger charge is 2.62. The second-order valence-electron chi connectivity index (χ2n) is 17.0. The van der Waals surface area contributed by atoms with Gasteiger partial charge in [-0.05, 0) is 67.1 Å². The summed E-state index contributed by atoms with van der Waals surface area (Å²) in [4.78, 5) is 53.7. The lowest BCUT2D eigenvalue weighted by Crippen LogP contribution is -2.58. The highest BCUT2D eigenvalue weighted by atomic mass is 32.2. The fourth-order valence-electron chi connectivity index (χ4n) is 7.79. The van der Waals surface area contributed by atoms with E-state index in [1.54, 1.807) is 48.5 Å². The van der Waals surface area contributed by atoms with Crippen LogP contribution < -0.4 is 20.1 Å². The molecule has 322 valence electrons. The summed E-state index contributed by atoms with van der Waals surface area (Å²) in [6.45, 7) is 9.09. The normalized spacial score (nSPS) is 21.8. The Balaban J connectivity index is 1.16. The number of halogens is 3. The van der Waals surface area contributed by atoms with Crippen LogP contribution in [0.25, 0.3) is 33.5 Å². The molecule has 0 radical (unpaired) electrons. The van der Waals surface area contributed by atoms with E-state index in [4.69, 9.17) is 9.15 Å². The van der Waals surface area contributed by atoms with Crippen molar-refractivity contribution in [2.75, 3.05) is 11.9 Å². The molecular formula is C44H42F3N7O7S. The Hall–Kier alpha value is -6.48. The quantitative estimate of drug-likeness (QED) is 0.116. The minimum Gasteiger partial charge on any atom is -0.470 e. The highest BCUT2D eigenvalue weighted by Crippen LogP contribution is 2.46.